The number of carbonyl (C=O) groups is 1. The van der Waals surface area contributed by atoms with Gasteiger partial charge in [-0.25, -0.2) is 0 Å². The van der Waals surface area contributed by atoms with Gasteiger partial charge in [0.15, 0.2) is 0 Å². The molecule has 0 aliphatic heterocycles. The molecular formula is C10H11BrClNO. The van der Waals surface area contributed by atoms with Crippen LogP contribution in [-0.4, -0.2) is 11.9 Å². The van der Waals surface area contributed by atoms with Crippen LogP contribution in [0.5, 0.6) is 0 Å². The molecule has 0 unspecified atom stereocenters. The van der Waals surface area contributed by atoms with Crippen LogP contribution in [0.2, 0.25) is 5.02 Å². The van der Waals surface area contributed by atoms with Crippen LogP contribution in [-0.2, 0) is 0 Å². The molecule has 0 bridgehead atoms. The van der Waals surface area contributed by atoms with Gasteiger partial charge in [0.25, 0.3) is 5.91 Å². The summed E-state index contributed by atoms with van der Waals surface area (Å²) in [6.07, 6.45) is 0. The number of halogens is 2. The summed E-state index contributed by atoms with van der Waals surface area (Å²) in [7, 11) is 0. The first-order chi connectivity index (χ1) is 6.50. The first-order valence-electron chi connectivity index (χ1n) is 4.26. The van der Waals surface area contributed by atoms with E-state index in [2.05, 4.69) is 21.2 Å². The highest BCUT2D eigenvalue weighted by atomic mass is 79.9. The standard InChI is InChI=1S/C10H11BrClNO/c1-6(2)13-10(14)7-3-4-8(11)9(12)5-7/h3-6H,1-2H3,(H,13,14). The van der Waals surface area contributed by atoms with E-state index in [4.69, 9.17) is 11.6 Å². The van der Waals surface area contributed by atoms with Crippen molar-refractivity contribution in [1.82, 2.24) is 5.32 Å². The highest BCUT2D eigenvalue weighted by Crippen LogP contribution is 2.23. The Hall–Kier alpha value is -0.540. The van der Waals surface area contributed by atoms with Crippen molar-refractivity contribution in [3.63, 3.8) is 0 Å². The highest BCUT2D eigenvalue weighted by molar-refractivity contribution is 9.10. The average Bonchev–Trinajstić information content (AvgIpc) is 2.08. The number of amides is 1. The number of rotatable bonds is 2. The molecule has 0 fully saturated rings. The second kappa shape index (κ2) is 4.80. The topological polar surface area (TPSA) is 29.1 Å². The summed E-state index contributed by atoms with van der Waals surface area (Å²) < 4.78 is 0.792. The van der Waals surface area contributed by atoms with Crippen LogP contribution in [0.15, 0.2) is 22.7 Å². The normalized spacial score (nSPS) is 10.4. The van der Waals surface area contributed by atoms with E-state index in [1.165, 1.54) is 0 Å². The highest BCUT2D eigenvalue weighted by Gasteiger charge is 2.08. The molecule has 0 spiro atoms. The predicted molar refractivity (Wildman–Crippen MR) is 61.8 cm³/mol. The Balaban J connectivity index is 2.86. The Morgan fingerprint density at radius 3 is 2.64 bits per heavy atom. The quantitative estimate of drug-likeness (QED) is 0.883. The number of hydrogen-bond acceptors (Lipinski definition) is 1. The van der Waals surface area contributed by atoms with Gasteiger partial charge in [-0.05, 0) is 48.0 Å². The van der Waals surface area contributed by atoms with Gasteiger partial charge in [0.2, 0.25) is 0 Å². The third kappa shape index (κ3) is 3.00. The van der Waals surface area contributed by atoms with Gasteiger partial charge in [0.1, 0.15) is 0 Å². The summed E-state index contributed by atoms with van der Waals surface area (Å²) in [6.45, 7) is 3.83. The van der Waals surface area contributed by atoms with Crippen LogP contribution < -0.4 is 5.32 Å². The molecule has 0 saturated heterocycles. The van der Waals surface area contributed by atoms with Crippen LogP contribution in [0.4, 0.5) is 0 Å². The molecule has 0 radical (unpaired) electrons. The van der Waals surface area contributed by atoms with Gasteiger partial charge < -0.3 is 5.32 Å². The summed E-state index contributed by atoms with van der Waals surface area (Å²) in [5, 5.41) is 3.34. The molecule has 76 valence electrons. The fourth-order valence-electron chi connectivity index (χ4n) is 0.983. The van der Waals surface area contributed by atoms with Gasteiger partial charge in [-0.3, -0.25) is 4.79 Å². The van der Waals surface area contributed by atoms with Gasteiger partial charge in [0, 0.05) is 16.1 Å². The van der Waals surface area contributed by atoms with Crippen LogP contribution in [0.25, 0.3) is 0 Å². The molecule has 4 heteroatoms. The lowest BCUT2D eigenvalue weighted by atomic mass is 10.2. The first-order valence-corrected chi connectivity index (χ1v) is 5.43. The summed E-state index contributed by atoms with van der Waals surface area (Å²) in [6, 6.07) is 5.26. The molecule has 1 amide bonds. The molecule has 1 aromatic carbocycles. The van der Waals surface area contributed by atoms with Gasteiger partial charge in [-0.2, -0.15) is 0 Å². The number of carbonyl (C=O) groups excluding carboxylic acids is 1. The minimum atomic E-state index is -0.102. The Kier molecular flexibility index (Phi) is 3.96. The second-order valence-electron chi connectivity index (χ2n) is 3.26. The number of hydrogen-bond donors (Lipinski definition) is 1. The van der Waals surface area contributed by atoms with Crippen molar-refractivity contribution < 1.29 is 4.79 Å². The minimum absolute atomic E-state index is 0.102. The summed E-state index contributed by atoms with van der Waals surface area (Å²) in [4.78, 5) is 11.5. The van der Waals surface area contributed by atoms with E-state index in [-0.39, 0.29) is 11.9 Å². The van der Waals surface area contributed by atoms with E-state index in [0.717, 1.165) is 4.47 Å². The fraction of sp³-hybridized carbons (Fsp3) is 0.300. The third-order valence-electron chi connectivity index (χ3n) is 1.60. The SMILES string of the molecule is CC(C)NC(=O)c1ccc(Br)c(Cl)c1. The van der Waals surface area contributed by atoms with E-state index in [1.807, 2.05) is 13.8 Å². The third-order valence-corrected chi connectivity index (χ3v) is 2.83. The lowest BCUT2D eigenvalue weighted by Crippen LogP contribution is -2.29. The number of nitrogens with one attached hydrogen (secondary N) is 1. The lowest BCUT2D eigenvalue weighted by Gasteiger charge is -2.08. The molecule has 2 nitrogen and oxygen atoms in total. The Morgan fingerprint density at radius 1 is 1.50 bits per heavy atom. The van der Waals surface area contributed by atoms with Crippen molar-refractivity contribution in [3.05, 3.63) is 33.3 Å². The van der Waals surface area contributed by atoms with Gasteiger partial charge >= 0.3 is 0 Å². The van der Waals surface area contributed by atoms with Crippen molar-refractivity contribution in [2.75, 3.05) is 0 Å². The molecule has 1 rings (SSSR count). The van der Waals surface area contributed by atoms with Crippen LogP contribution >= 0.6 is 27.5 Å². The van der Waals surface area contributed by atoms with Gasteiger partial charge in [0.05, 0.1) is 5.02 Å². The van der Waals surface area contributed by atoms with Gasteiger partial charge in [-0.1, -0.05) is 11.6 Å². The molecule has 1 aromatic rings. The largest absolute Gasteiger partial charge is 0.350 e. The second-order valence-corrected chi connectivity index (χ2v) is 4.52. The van der Waals surface area contributed by atoms with Gasteiger partial charge in [-0.15, -0.1) is 0 Å². The van der Waals surface area contributed by atoms with Crippen molar-refractivity contribution in [2.45, 2.75) is 19.9 Å². The molecule has 0 aliphatic carbocycles. The monoisotopic (exact) mass is 275 g/mol. The molecule has 0 aliphatic rings. The van der Waals surface area contributed by atoms with Crippen molar-refractivity contribution in [2.24, 2.45) is 0 Å². The summed E-state index contributed by atoms with van der Waals surface area (Å²) in [5.41, 5.74) is 0.576. The smallest absolute Gasteiger partial charge is 0.251 e. The minimum Gasteiger partial charge on any atom is -0.350 e. The van der Waals surface area contributed by atoms with Crippen LogP contribution in [0.3, 0.4) is 0 Å². The van der Waals surface area contributed by atoms with E-state index < -0.39 is 0 Å². The van der Waals surface area contributed by atoms with Crippen molar-refractivity contribution in [1.29, 1.82) is 0 Å². The summed E-state index contributed by atoms with van der Waals surface area (Å²) in [5.74, 6) is -0.102. The Labute approximate surface area is 96.8 Å². The van der Waals surface area contributed by atoms with Crippen LogP contribution in [0.1, 0.15) is 24.2 Å². The van der Waals surface area contributed by atoms with E-state index >= 15 is 0 Å². The first kappa shape index (κ1) is 11.5. The Morgan fingerprint density at radius 2 is 2.14 bits per heavy atom. The van der Waals surface area contributed by atoms with Crippen molar-refractivity contribution in [3.8, 4) is 0 Å². The molecule has 0 heterocycles. The molecule has 0 aromatic heterocycles. The molecule has 0 atom stereocenters. The number of benzene rings is 1. The molecule has 0 saturated carbocycles. The lowest BCUT2D eigenvalue weighted by molar-refractivity contribution is 0.0943. The van der Waals surface area contributed by atoms with Crippen molar-refractivity contribution >= 4 is 33.4 Å². The molecule has 1 N–H and O–H groups in total. The predicted octanol–water partition coefficient (Wildman–Crippen LogP) is 3.24. The fourth-order valence-corrected chi connectivity index (χ4v) is 1.41. The zero-order valence-corrected chi connectivity index (χ0v) is 10.3. The van der Waals surface area contributed by atoms with Crippen LogP contribution in [0, 0.1) is 0 Å². The summed E-state index contributed by atoms with van der Waals surface area (Å²) >= 11 is 9.13. The molecule has 14 heavy (non-hydrogen) atoms. The maximum Gasteiger partial charge on any atom is 0.251 e. The van der Waals surface area contributed by atoms with E-state index in [9.17, 15) is 4.79 Å². The maximum atomic E-state index is 11.5. The Bertz CT molecular complexity index is 352. The average molecular weight is 277 g/mol. The zero-order chi connectivity index (χ0) is 10.7. The van der Waals surface area contributed by atoms with E-state index in [1.54, 1.807) is 18.2 Å². The molecular weight excluding hydrogens is 265 g/mol. The van der Waals surface area contributed by atoms with E-state index in [0.29, 0.717) is 10.6 Å². The maximum absolute atomic E-state index is 11.5. The zero-order valence-electron chi connectivity index (χ0n) is 7.97.